The second-order valence-electron chi connectivity index (χ2n) is 6.92. The summed E-state index contributed by atoms with van der Waals surface area (Å²) in [5.74, 6) is 0.416. The maximum Gasteiger partial charge on any atom is 0.434 e. The predicted molar refractivity (Wildman–Crippen MR) is 95.9 cm³/mol. The number of halogens is 3. The molecule has 3 aromatic heterocycles. The van der Waals surface area contributed by atoms with E-state index in [0.29, 0.717) is 11.4 Å². The lowest BCUT2D eigenvalue weighted by atomic mass is 9.91. The van der Waals surface area contributed by atoms with Crippen molar-refractivity contribution in [1.29, 1.82) is 0 Å². The number of hydrogen-bond acceptors (Lipinski definition) is 4. The molecule has 0 aliphatic heterocycles. The fourth-order valence-electron chi connectivity index (χ4n) is 3.50. The summed E-state index contributed by atoms with van der Waals surface area (Å²) in [5, 5.41) is 12.7. The second kappa shape index (κ2) is 7.17. The van der Waals surface area contributed by atoms with Crippen molar-refractivity contribution in [3.05, 3.63) is 48.0 Å². The Bertz CT molecular complexity index is 958. The average Bonchev–Trinajstić information content (AvgIpc) is 3.33. The zero-order valence-electron chi connectivity index (χ0n) is 14.8. The number of alkyl halides is 3. The number of hydrogen-bond donors (Lipinski definition) is 3. The zero-order valence-corrected chi connectivity index (χ0v) is 14.8. The van der Waals surface area contributed by atoms with Crippen LogP contribution in [0.3, 0.4) is 0 Å². The van der Waals surface area contributed by atoms with Gasteiger partial charge in [0.25, 0.3) is 5.91 Å². The summed E-state index contributed by atoms with van der Waals surface area (Å²) < 4.78 is 40.2. The van der Waals surface area contributed by atoms with Crippen LogP contribution in [-0.2, 0) is 6.18 Å². The molecule has 1 fully saturated rings. The maximum absolute atomic E-state index is 12.9. The van der Waals surface area contributed by atoms with E-state index in [1.54, 1.807) is 24.4 Å². The Balaban J connectivity index is 1.38. The number of aromatic nitrogens is 4. The highest BCUT2D eigenvalue weighted by atomic mass is 19.4. The van der Waals surface area contributed by atoms with Crippen LogP contribution in [0.1, 0.15) is 41.7 Å². The maximum atomic E-state index is 12.9. The predicted octanol–water partition coefficient (Wildman–Crippen LogP) is 3.23. The molecule has 0 atom stereocenters. The summed E-state index contributed by atoms with van der Waals surface area (Å²) >= 11 is 0. The Morgan fingerprint density at radius 3 is 2.61 bits per heavy atom. The van der Waals surface area contributed by atoms with Crippen LogP contribution in [0.15, 0.2) is 36.8 Å². The van der Waals surface area contributed by atoms with Gasteiger partial charge >= 0.3 is 6.18 Å². The van der Waals surface area contributed by atoms with Crippen LogP contribution in [0.5, 0.6) is 0 Å². The summed E-state index contributed by atoms with van der Waals surface area (Å²) in [6.45, 7) is 0. The molecule has 0 bridgehead atoms. The van der Waals surface area contributed by atoms with E-state index in [1.165, 1.54) is 10.6 Å². The molecule has 3 heterocycles. The van der Waals surface area contributed by atoms with E-state index in [0.717, 1.165) is 31.9 Å². The minimum Gasteiger partial charge on any atom is -0.368 e. The Morgan fingerprint density at radius 2 is 1.93 bits per heavy atom. The number of pyridine rings is 1. The first kappa shape index (κ1) is 18.3. The molecule has 28 heavy (non-hydrogen) atoms. The third-order valence-electron chi connectivity index (χ3n) is 4.96. The molecule has 1 aliphatic rings. The summed E-state index contributed by atoms with van der Waals surface area (Å²) in [7, 11) is 0. The number of nitrogens with one attached hydrogen (secondary N) is 3. The van der Waals surface area contributed by atoms with Crippen molar-refractivity contribution in [3.8, 4) is 0 Å². The summed E-state index contributed by atoms with van der Waals surface area (Å²) in [4.78, 5) is 15.7. The van der Waals surface area contributed by atoms with Crippen molar-refractivity contribution in [3.63, 3.8) is 0 Å². The van der Waals surface area contributed by atoms with Gasteiger partial charge in [0.2, 0.25) is 0 Å². The number of fused-ring (bicyclic) bond motifs is 1. The number of nitrogens with zero attached hydrogens (tertiary/aromatic N) is 3. The lowest BCUT2D eigenvalue weighted by molar-refractivity contribution is -0.140. The van der Waals surface area contributed by atoms with Crippen LogP contribution in [0.4, 0.5) is 19.0 Å². The number of amides is 1. The minimum atomic E-state index is -4.48. The van der Waals surface area contributed by atoms with Gasteiger partial charge in [-0.1, -0.05) is 6.07 Å². The molecule has 1 saturated carbocycles. The van der Waals surface area contributed by atoms with Crippen molar-refractivity contribution < 1.29 is 18.0 Å². The third-order valence-corrected chi connectivity index (χ3v) is 4.96. The van der Waals surface area contributed by atoms with Crippen LogP contribution >= 0.6 is 0 Å². The molecule has 0 radical (unpaired) electrons. The lowest BCUT2D eigenvalue weighted by Gasteiger charge is -2.30. The molecule has 1 amide bonds. The van der Waals surface area contributed by atoms with Crippen LogP contribution in [-0.4, -0.2) is 37.6 Å². The fourth-order valence-corrected chi connectivity index (χ4v) is 3.50. The Morgan fingerprint density at radius 1 is 1.18 bits per heavy atom. The first-order valence-corrected chi connectivity index (χ1v) is 9.01. The fraction of sp³-hybridized carbons (Fsp3) is 0.389. The van der Waals surface area contributed by atoms with Gasteiger partial charge in [0, 0.05) is 24.5 Å². The summed E-state index contributed by atoms with van der Waals surface area (Å²) in [5.41, 5.74) is -0.168. The van der Waals surface area contributed by atoms with Gasteiger partial charge in [-0.2, -0.15) is 18.3 Å². The normalized spacial score (nSPS) is 20.2. The van der Waals surface area contributed by atoms with Crippen LogP contribution in [0.25, 0.3) is 5.65 Å². The molecule has 1 aliphatic carbocycles. The number of carbonyl (C=O) groups is 1. The molecule has 0 spiro atoms. The Hall–Kier alpha value is -3.04. The van der Waals surface area contributed by atoms with E-state index in [2.05, 4.69) is 25.8 Å². The van der Waals surface area contributed by atoms with E-state index in [4.69, 9.17) is 0 Å². The molecule has 4 rings (SSSR count). The average molecular weight is 392 g/mol. The summed E-state index contributed by atoms with van der Waals surface area (Å²) in [6, 6.07) is 5.15. The van der Waals surface area contributed by atoms with Gasteiger partial charge in [-0.3, -0.25) is 14.3 Å². The third kappa shape index (κ3) is 3.80. The first-order valence-electron chi connectivity index (χ1n) is 9.01. The molecule has 3 aromatic rings. The van der Waals surface area contributed by atoms with Gasteiger partial charge in [-0.25, -0.2) is 4.98 Å². The summed E-state index contributed by atoms with van der Waals surface area (Å²) in [6.07, 6.45) is 2.72. The molecular weight excluding hydrogens is 373 g/mol. The van der Waals surface area contributed by atoms with E-state index in [9.17, 15) is 18.0 Å². The highest BCUT2D eigenvalue weighted by Gasteiger charge is 2.34. The quantitative estimate of drug-likeness (QED) is 0.636. The van der Waals surface area contributed by atoms with E-state index in [-0.39, 0.29) is 23.6 Å². The van der Waals surface area contributed by atoms with Gasteiger partial charge in [-0.15, -0.1) is 0 Å². The SMILES string of the molecule is O=C(NC1CCC(Nc2cccc3nc(C(F)(F)F)cn23)CC1)c1cn[nH]c1. The monoisotopic (exact) mass is 392 g/mol. The van der Waals surface area contributed by atoms with Crippen LogP contribution in [0, 0.1) is 0 Å². The van der Waals surface area contributed by atoms with E-state index >= 15 is 0 Å². The molecule has 0 unspecified atom stereocenters. The minimum absolute atomic E-state index is 0.0707. The number of rotatable bonds is 4. The molecular formula is C18H19F3N6O. The van der Waals surface area contributed by atoms with E-state index in [1.807, 2.05) is 0 Å². The molecule has 0 saturated heterocycles. The van der Waals surface area contributed by atoms with Crippen molar-refractivity contribution in [2.24, 2.45) is 0 Å². The van der Waals surface area contributed by atoms with Gasteiger partial charge in [0.05, 0.1) is 11.8 Å². The van der Waals surface area contributed by atoms with Gasteiger partial charge < -0.3 is 10.6 Å². The van der Waals surface area contributed by atoms with Crippen molar-refractivity contribution >= 4 is 17.4 Å². The number of aromatic amines is 1. The molecule has 0 aromatic carbocycles. The number of carbonyl (C=O) groups excluding carboxylic acids is 1. The smallest absolute Gasteiger partial charge is 0.368 e. The molecule has 3 N–H and O–H groups in total. The van der Waals surface area contributed by atoms with Crippen molar-refractivity contribution in [2.45, 2.75) is 43.9 Å². The molecule has 10 heteroatoms. The van der Waals surface area contributed by atoms with Gasteiger partial charge in [0.1, 0.15) is 11.5 Å². The molecule has 148 valence electrons. The Labute approximate surface area is 158 Å². The highest BCUT2D eigenvalue weighted by molar-refractivity contribution is 5.93. The number of imidazole rings is 1. The van der Waals surface area contributed by atoms with Crippen LogP contribution in [0.2, 0.25) is 0 Å². The number of H-pyrrole nitrogens is 1. The van der Waals surface area contributed by atoms with Gasteiger partial charge in [-0.05, 0) is 37.8 Å². The largest absolute Gasteiger partial charge is 0.434 e. The lowest BCUT2D eigenvalue weighted by Crippen LogP contribution is -2.40. The van der Waals surface area contributed by atoms with Crippen molar-refractivity contribution in [1.82, 2.24) is 24.9 Å². The van der Waals surface area contributed by atoms with Gasteiger partial charge in [0.15, 0.2) is 5.69 Å². The highest BCUT2D eigenvalue weighted by Crippen LogP contribution is 2.30. The first-order chi connectivity index (χ1) is 13.4. The van der Waals surface area contributed by atoms with Crippen LogP contribution < -0.4 is 10.6 Å². The van der Waals surface area contributed by atoms with E-state index < -0.39 is 11.9 Å². The zero-order chi connectivity index (χ0) is 19.7. The Kier molecular flexibility index (Phi) is 4.70. The standard InChI is InChI=1S/C18H19F3N6O/c19-18(20,21)14-10-27-15(2-1-3-16(27)26-14)24-12-4-6-13(7-5-12)25-17(28)11-8-22-23-9-11/h1-3,8-10,12-13,24H,4-7H2,(H,22,23)(H,25,28). The number of anilines is 1. The second-order valence-corrected chi connectivity index (χ2v) is 6.92. The van der Waals surface area contributed by atoms with Crippen molar-refractivity contribution in [2.75, 3.05) is 5.32 Å². The molecule has 7 nitrogen and oxygen atoms in total. The topological polar surface area (TPSA) is 87.1 Å².